The van der Waals surface area contributed by atoms with Crippen molar-refractivity contribution in [3.8, 4) is 0 Å². The number of nitrogens with zero attached hydrogens (tertiary/aromatic N) is 4. The molecular formula is C20H31N5O. The van der Waals surface area contributed by atoms with E-state index in [4.69, 9.17) is 14.8 Å². The molecule has 2 aromatic rings. The van der Waals surface area contributed by atoms with Gasteiger partial charge in [-0.25, -0.2) is 9.50 Å². The monoisotopic (exact) mass is 357 g/mol. The van der Waals surface area contributed by atoms with Gasteiger partial charge in [-0.2, -0.15) is 5.10 Å². The van der Waals surface area contributed by atoms with Gasteiger partial charge in [0.25, 0.3) is 0 Å². The van der Waals surface area contributed by atoms with Crippen molar-refractivity contribution in [3.63, 3.8) is 0 Å². The van der Waals surface area contributed by atoms with Crippen molar-refractivity contribution in [3.05, 3.63) is 24.2 Å². The van der Waals surface area contributed by atoms with Crippen LogP contribution in [0.3, 0.4) is 0 Å². The van der Waals surface area contributed by atoms with Gasteiger partial charge in [-0.3, -0.25) is 0 Å². The lowest BCUT2D eigenvalue weighted by Crippen LogP contribution is -2.50. The zero-order valence-corrected chi connectivity index (χ0v) is 16.2. The minimum absolute atomic E-state index is 0.0400. The molecule has 4 heterocycles. The minimum atomic E-state index is 0.0400. The third-order valence-electron chi connectivity index (χ3n) is 5.55. The van der Waals surface area contributed by atoms with Crippen molar-refractivity contribution < 1.29 is 4.74 Å². The Labute approximate surface area is 155 Å². The summed E-state index contributed by atoms with van der Waals surface area (Å²) in [5.41, 5.74) is 2.27. The van der Waals surface area contributed by atoms with Gasteiger partial charge in [-0.05, 0) is 31.7 Å². The number of nitrogens with one attached hydrogen (secondary N) is 1. The quantitative estimate of drug-likeness (QED) is 0.915. The molecule has 0 aromatic carbocycles. The van der Waals surface area contributed by atoms with Gasteiger partial charge in [-0.1, -0.05) is 20.8 Å². The summed E-state index contributed by atoms with van der Waals surface area (Å²) in [5.74, 6) is 1.06. The molecule has 26 heavy (non-hydrogen) atoms. The van der Waals surface area contributed by atoms with Crippen molar-refractivity contribution in [1.82, 2.24) is 19.9 Å². The fourth-order valence-corrected chi connectivity index (χ4v) is 4.02. The Morgan fingerprint density at radius 3 is 2.73 bits per heavy atom. The first kappa shape index (κ1) is 17.7. The number of piperidine rings is 1. The molecule has 1 N–H and O–H groups in total. The van der Waals surface area contributed by atoms with E-state index >= 15 is 0 Å². The SMILES string of the molecule is CC(C)(C)c1cc2c(N3CCCC(NC4CCOCC4)C3)nccn2n1. The van der Waals surface area contributed by atoms with Gasteiger partial charge in [0.1, 0.15) is 5.52 Å². The van der Waals surface area contributed by atoms with Crippen molar-refractivity contribution >= 4 is 11.3 Å². The molecule has 2 aliphatic heterocycles. The largest absolute Gasteiger partial charge is 0.381 e. The van der Waals surface area contributed by atoms with E-state index in [0.717, 1.165) is 56.2 Å². The maximum Gasteiger partial charge on any atom is 0.154 e. The second-order valence-corrected chi connectivity index (χ2v) is 8.70. The van der Waals surface area contributed by atoms with Gasteiger partial charge in [-0.15, -0.1) is 0 Å². The van der Waals surface area contributed by atoms with E-state index in [2.05, 4.69) is 37.1 Å². The van der Waals surface area contributed by atoms with E-state index in [0.29, 0.717) is 12.1 Å². The molecule has 2 aromatic heterocycles. The van der Waals surface area contributed by atoms with Crippen LogP contribution in [0.2, 0.25) is 0 Å². The standard InChI is InChI=1S/C20H31N5O/c1-20(2,3)18-13-17-19(21-8-10-25(17)23-18)24-9-4-5-16(14-24)22-15-6-11-26-12-7-15/h8,10,13,15-16,22H,4-7,9,11-12,14H2,1-3H3. The molecule has 4 rings (SSSR count). The second-order valence-electron chi connectivity index (χ2n) is 8.70. The number of fused-ring (bicyclic) bond motifs is 1. The Hall–Kier alpha value is -1.66. The van der Waals surface area contributed by atoms with E-state index in [1.807, 2.05) is 16.9 Å². The summed E-state index contributed by atoms with van der Waals surface area (Å²) in [6.07, 6.45) is 8.52. The number of hydrogen-bond acceptors (Lipinski definition) is 5. The Morgan fingerprint density at radius 2 is 1.96 bits per heavy atom. The molecule has 2 saturated heterocycles. The summed E-state index contributed by atoms with van der Waals surface area (Å²) in [5, 5.41) is 8.64. The lowest BCUT2D eigenvalue weighted by molar-refractivity contribution is 0.0742. The van der Waals surface area contributed by atoms with Crippen LogP contribution >= 0.6 is 0 Å². The third-order valence-corrected chi connectivity index (χ3v) is 5.55. The molecule has 1 unspecified atom stereocenters. The first-order valence-electron chi connectivity index (χ1n) is 9.94. The molecule has 2 aliphatic rings. The third kappa shape index (κ3) is 3.71. The Morgan fingerprint density at radius 1 is 1.15 bits per heavy atom. The highest BCUT2D eigenvalue weighted by Crippen LogP contribution is 2.28. The molecule has 6 nitrogen and oxygen atoms in total. The molecule has 0 bridgehead atoms. The molecule has 0 aliphatic carbocycles. The summed E-state index contributed by atoms with van der Waals surface area (Å²) < 4.78 is 7.47. The van der Waals surface area contributed by atoms with Crippen molar-refractivity contribution in [1.29, 1.82) is 0 Å². The first-order chi connectivity index (χ1) is 12.5. The van der Waals surface area contributed by atoms with Gasteiger partial charge in [0.2, 0.25) is 0 Å². The normalized spacial score (nSPS) is 22.9. The minimum Gasteiger partial charge on any atom is -0.381 e. The van der Waals surface area contributed by atoms with Crippen LogP contribution in [0.5, 0.6) is 0 Å². The lowest BCUT2D eigenvalue weighted by Gasteiger charge is -2.37. The van der Waals surface area contributed by atoms with E-state index in [1.165, 1.54) is 12.8 Å². The summed E-state index contributed by atoms with van der Waals surface area (Å²) >= 11 is 0. The zero-order valence-electron chi connectivity index (χ0n) is 16.2. The topological polar surface area (TPSA) is 54.7 Å². The molecular weight excluding hydrogens is 326 g/mol. The van der Waals surface area contributed by atoms with Gasteiger partial charge >= 0.3 is 0 Å². The van der Waals surface area contributed by atoms with Crippen LogP contribution in [0.15, 0.2) is 18.5 Å². The van der Waals surface area contributed by atoms with Crippen molar-refractivity contribution in [2.45, 2.75) is 64.0 Å². The number of anilines is 1. The average Bonchev–Trinajstić information content (AvgIpc) is 3.07. The Kier molecular flexibility index (Phi) is 4.88. The molecule has 0 spiro atoms. The maximum atomic E-state index is 5.49. The number of ether oxygens (including phenoxy) is 1. The van der Waals surface area contributed by atoms with E-state index in [-0.39, 0.29) is 5.41 Å². The highest BCUT2D eigenvalue weighted by molar-refractivity contribution is 5.69. The van der Waals surface area contributed by atoms with Crippen molar-refractivity contribution in [2.24, 2.45) is 0 Å². The number of hydrogen-bond donors (Lipinski definition) is 1. The van der Waals surface area contributed by atoms with Crippen LogP contribution < -0.4 is 10.2 Å². The Bertz CT molecular complexity index is 744. The molecule has 142 valence electrons. The lowest BCUT2D eigenvalue weighted by atomic mass is 9.92. The predicted molar refractivity (Wildman–Crippen MR) is 104 cm³/mol. The molecule has 1 atom stereocenters. The van der Waals surface area contributed by atoms with Crippen LogP contribution in [0.25, 0.3) is 5.52 Å². The van der Waals surface area contributed by atoms with E-state index < -0.39 is 0 Å². The predicted octanol–water partition coefficient (Wildman–Crippen LogP) is 2.76. The molecule has 6 heteroatoms. The highest BCUT2D eigenvalue weighted by Gasteiger charge is 2.26. The highest BCUT2D eigenvalue weighted by atomic mass is 16.5. The summed E-state index contributed by atoms with van der Waals surface area (Å²) in [4.78, 5) is 7.16. The van der Waals surface area contributed by atoms with Gasteiger partial charge in [0.05, 0.1) is 5.69 Å². The van der Waals surface area contributed by atoms with Gasteiger partial charge in [0, 0.05) is 56.2 Å². The number of rotatable bonds is 3. The first-order valence-corrected chi connectivity index (χ1v) is 9.94. The van der Waals surface area contributed by atoms with Crippen LogP contribution in [0.4, 0.5) is 5.82 Å². The van der Waals surface area contributed by atoms with Crippen LogP contribution in [-0.2, 0) is 10.2 Å². The molecule has 0 amide bonds. The zero-order chi connectivity index (χ0) is 18.1. The average molecular weight is 358 g/mol. The van der Waals surface area contributed by atoms with Crippen molar-refractivity contribution in [2.75, 3.05) is 31.2 Å². The van der Waals surface area contributed by atoms with Crippen LogP contribution in [-0.4, -0.2) is 53.0 Å². The van der Waals surface area contributed by atoms with Crippen LogP contribution in [0.1, 0.15) is 52.1 Å². The van der Waals surface area contributed by atoms with Gasteiger partial charge in [0.15, 0.2) is 5.82 Å². The fourth-order valence-electron chi connectivity index (χ4n) is 4.02. The second kappa shape index (κ2) is 7.16. The van der Waals surface area contributed by atoms with Gasteiger partial charge < -0.3 is 15.0 Å². The van der Waals surface area contributed by atoms with Crippen LogP contribution in [0, 0.1) is 0 Å². The fraction of sp³-hybridized carbons (Fsp3) is 0.700. The molecule has 0 radical (unpaired) electrons. The summed E-state index contributed by atoms with van der Waals surface area (Å²) in [6.45, 7) is 10.5. The number of aromatic nitrogens is 3. The summed E-state index contributed by atoms with van der Waals surface area (Å²) in [6, 6.07) is 3.33. The Balaban J connectivity index is 1.53. The van der Waals surface area contributed by atoms with E-state index in [9.17, 15) is 0 Å². The molecule has 0 saturated carbocycles. The van der Waals surface area contributed by atoms with E-state index in [1.54, 1.807) is 0 Å². The maximum absolute atomic E-state index is 5.49. The molecule has 2 fully saturated rings. The smallest absolute Gasteiger partial charge is 0.154 e. The summed E-state index contributed by atoms with van der Waals surface area (Å²) in [7, 11) is 0.